The Hall–Kier alpha value is -0.640. The van der Waals surface area contributed by atoms with E-state index >= 15 is 0 Å². The van der Waals surface area contributed by atoms with E-state index in [1.54, 1.807) is 12.5 Å². The molecule has 3 nitrogen and oxygen atoms in total. The van der Waals surface area contributed by atoms with E-state index in [-0.39, 0.29) is 5.16 Å². The fraction of sp³-hybridized carbons (Fsp3) is 0.844. The highest BCUT2D eigenvalue weighted by Crippen LogP contribution is 2.67. The van der Waals surface area contributed by atoms with Gasteiger partial charge in [-0.25, -0.2) is 0 Å². The number of rotatable bonds is 7. The largest absolute Gasteiger partial charge is 0.389 e. The maximum Gasteiger partial charge on any atom is 0.126 e. The van der Waals surface area contributed by atoms with Crippen molar-refractivity contribution in [1.82, 2.24) is 0 Å². The van der Waals surface area contributed by atoms with Crippen LogP contribution in [0.25, 0.3) is 0 Å². The number of allylic oxidation sites excluding steroid dienone is 1. The maximum absolute atomic E-state index is 8.61. The number of aliphatic hydroxyl groups is 1. The molecule has 0 saturated heterocycles. The van der Waals surface area contributed by atoms with Gasteiger partial charge in [-0.1, -0.05) is 77.1 Å². The molecule has 4 aliphatic rings. The fourth-order valence-corrected chi connectivity index (χ4v) is 9.15. The van der Waals surface area contributed by atoms with Gasteiger partial charge in [0.1, 0.15) is 5.16 Å². The molecule has 3 saturated carbocycles. The molecule has 9 atom stereocenters. The molecule has 3 N–H and O–H groups in total. The molecule has 3 fully saturated rings. The molecule has 206 valence electrons. The minimum absolute atomic E-state index is 0.236. The summed E-state index contributed by atoms with van der Waals surface area (Å²) in [7, 11) is 0. The van der Waals surface area contributed by atoms with E-state index in [0.717, 1.165) is 35.5 Å². The highest BCUT2D eigenvalue weighted by atomic mass is 35.5. The number of aliphatic hydroxyl groups excluding tert-OH is 1. The van der Waals surface area contributed by atoms with Crippen molar-refractivity contribution in [2.24, 2.45) is 57.1 Å². The Kier molecular flexibility index (Phi) is 10.4. The summed E-state index contributed by atoms with van der Waals surface area (Å²) in [4.78, 5) is 3.35. The lowest BCUT2D eigenvalue weighted by molar-refractivity contribution is -0.0508. The summed E-state index contributed by atoms with van der Waals surface area (Å²) in [5.74, 6) is 5.63. The normalized spacial score (nSPS) is 39.7. The Bertz CT molecular complexity index is 804. The van der Waals surface area contributed by atoms with Crippen molar-refractivity contribution >= 4 is 18.3 Å². The Morgan fingerprint density at radius 2 is 1.86 bits per heavy atom. The van der Waals surface area contributed by atoms with Gasteiger partial charge in [0.15, 0.2) is 0 Å². The molecule has 0 heterocycles. The zero-order valence-electron chi connectivity index (χ0n) is 24.1. The number of aliphatic imine (C=N–C) groups is 1. The Morgan fingerprint density at radius 3 is 2.47 bits per heavy atom. The van der Waals surface area contributed by atoms with Crippen molar-refractivity contribution < 1.29 is 5.11 Å². The predicted octanol–water partition coefficient (Wildman–Crippen LogP) is 8.50. The zero-order valence-corrected chi connectivity index (χ0v) is 24.9. The van der Waals surface area contributed by atoms with Gasteiger partial charge in [0.2, 0.25) is 0 Å². The predicted molar refractivity (Wildman–Crippen MR) is 156 cm³/mol. The summed E-state index contributed by atoms with van der Waals surface area (Å²) in [6.45, 7) is 17.4. The number of nitrogens with two attached hydrogens (primary N) is 1. The van der Waals surface area contributed by atoms with Crippen LogP contribution in [0.5, 0.6) is 0 Å². The lowest BCUT2D eigenvalue weighted by Gasteiger charge is -2.58. The second kappa shape index (κ2) is 12.5. The van der Waals surface area contributed by atoms with Gasteiger partial charge in [0.05, 0.1) is 6.10 Å². The van der Waals surface area contributed by atoms with Crippen LogP contribution >= 0.6 is 11.6 Å². The fourth-order valence-electron chi connectivity index (χ4n) is 8.97. The molecule has 4 aliphatic carbocycles. The van der Waals surface area contributed by atoms with Gasteiger partial charge >= 0.3 is 0 Å². The van der Waals surface area contributed by atoms with Crippen LogP contribution in [0.3, 0.4) is 0 Å². The first kappa shape index (κ1) is 29.9. The van der Waals surface area contributed by atoms with Crippen LogP contribution in [0.2, 0.25) is 0 Å². The van der Waals surface area contributed by atoms with Crippen LogP contribution in [0, 0.1) is 46.3 Å². The summed E-state index contributed by atoms with van der Waals surface area (Å²) in [5.41, 5.74) is 9.18. The summed E-state index contributed by atoms with van der Waals surface area (Å²) >= 11 is 5.33. The molecular weight excluding hydrogens is 464 g/mol. The molecule has 36 heavy (non-hydrogen) atoms. The Morgan fingerprint density at radius 1 is 1.14 bits per heavy atom. The summed E-state index contributed by atoms with van der Waals surface area (Å²) < 4.78 is 0. The molecule has 9 unspecified atom stereocenters. The summed E-state index contributed by atoms with van der Waals surface area (Å²) in [6, 6.07) is 0.423. The molecule has 0 bridgehead atoms. The van der Waals surface area contributed by atoms with Crippen molar-refractivity contribution in [1.29, 1.82) is 0 Å². The van der Waals surface area contributed by atoms with E-state index in [2.05, 4.69) is 52.4 Å². The quantitative estimate of drug-likeness (QED) is 0.201. The molecule has 4 rings (SSSR count). The molecular formula is C32H55ClN2O. The maximum atomic E-state index is 8.61. The molecule has 0 aliphatic heterocycles. The third-order valence-electron chi connectivity index (χ3n) is 10.9. The van der Waals surface area contributed by atoms with Gasteiger partial charge in [-0.2, -0.15) is 0 Å². The Labute approximate surface area is 227 Å². The summed E-state index contributed by atoms with van der Waals surface area (Å²) in [5, 5.41) is 8.84. The van der Waals surface area contributed by atoms with Crippen LogP contribution in [0.15, 0.2) is 27.9 Å². The summed E-state index contributed by atoms with van der Waals surface area (Å²) in [6.07, 6.45) is 18.9. The van der Waals surface area contributed by atoms with Gasteiger partial charge < -0.3 is 10.8 Å². The van der Waals surface area contributed by atoms with E-state index in [4.69, 9.17) is 22.4 Å². The van der Waals surface area contributed by atoms with Crippen molar-refractivity contribution in [3.63, 3.8) is 0 Å². The SMILES string of the molecule is C=N/C(Cl)=C\C(C)O.CC(C)CCCC(C)C1CCC2C3CC=C4CC(N)CCC4(C)C3CCC12C. The van der Waals surface area contributed by atoms with Crippen LogP contribution in [-0.2, 0) is 0 Å². The molecule has 0 aromatic rings. The molecule has 0 radical (unpaired) electrons. The Balaban J connectivity index is 0.000000392. The van der Waals surface area contributed by atoms with E-state index in [9.17, 15) is 0 Å². The smallest absolute Gasteiger partial charge is 0.126 e. The topological polar surface area (TPSA) is 58.6 Å². The van der Waals surface area contributed by atoms with Gasteiger partial charge in [0, 0.05) is 6.04 Å². The highest BCUT2D eigenvalue weighted by molar-refractivity contribution is 6.29. The molecule has 0 spiro atoms. The standard InChI is InChI=1S/C27H47N.C5H8ClNO/c1-18(2)7-6-8-19(3)23-11-12-24-22-10-9-20-17-21(28)13-15-26(20,4)25(22)14-16-27(23,24)5;1-4(8)3-5(6)7-2/h9,18-19,21-25H,6-8,10-17,28H2,1-5H3;3-4,8H,2H2,1H3/b;5-3-. The number of hydrogen-bond donors (Lipinski definition) is 2. The van der Waals surface area contributed by atoms with Gasteiger partial charge in [0.25, 0.3) is 0 Å². The lowest BCUT2D eigenvalue weighted by Crippen LogP contribution is -2.51. The third kappa shape index (κ3) is 6.49. The number of fused-ring (bicyclic) bond motifs is 5. The van der Waals surface area contributed by atoms with E-state index < -0.39 is 6.10 Å². The zero-order chi connectivity index (χ0) is 26.7. The van der Waals surface area contributed by atoms with Crippen molar-refractivity contribution in [2.45, 2.75) is 124 Å². The first-order chi connectivity index (χ1) is 16.9. The first-order valence-corrected chi connectivity index (χ1v) is 15.3. The van der Waals surface area contributed by atoms with E-state index in [1.165, 1.54) is 76.7 Å². The number of hydrogen-bond acceptors (Lipinski definition) is 3. The third-order valence-corrected chi connectivity index (χ3v) is 11.1. The lowest BCUT2D eigenvalue weighted by atomic mass is 9.47. The molecule has 0 amide bonds. The monoisotopic (exact) mass is 518 g/mol. The van der Waals surface area contributed by atoms with Gasteiger partial charge in [-0.15, -0.1) is 0 Å². The average molecular weight is 519 g/mol. The van der Waals surface area contributed by atoms with Crippen molar-refractivity contribution in [3.8, 4) is 0 Å². The van der Waals surface area contributed by atoms with E-state index in [1.807, 2.05) is 0 Å². The minimum Gasteiger partial charge on any atom is -0.389 e. The van der Waals surface area contributed by atoms with Crippen molar-refractivity contribution in [2.75, 3.05) is 0 Å². The number of nitrogens with zero attached hydrogens (tertiary/aromatic N) is 1. The molecule has 0 aromatic carbocycles. The van der Waals surface area contributed by atoms with Crippen molar-refractivity contribution in [3.05, 3.63) is 22.9 Å². The van der Waals surface area contributed by atoms with Gasteiger partial charge in [-0.3, -0.25) is 4.99 Å². The van der Waals surface area contributed by atoms with Crippen LogP contribution < -0.4 is 5.73 Å². The van der Waals surface area contributed by atoms with E-state index in [0.29, 0.717) is 16.9 Å². The highest BCUT2D eigenvalue weighted by Gasteiger charge is 2.58. The van der Waals surface area contributed by atoms with Gasteiger partial charge in [-0.05, 0) is 117 Å². The molecule has 4 heteroatoms. The second-order valence-electron chi connectivity index (χ2n) is 13.7. The molecule has 0 aromatic heterocycles. The van der Waals surface area contributed by atoms with Crippen LogP contribution in [0.4, 0.5) is 0 Å². The number of halogens is 1. The first-order valence-electron chi connectivity index (χ1n) is 14.9. The second-order valence-corrected chi connectivity index (χ2v) is 14.1. The minimum atomic E-state index is -0.548. The van der Waals surface area contributed by atoms with Crippen LogP contribution in [-0.4, -0.2) is 24.0 Å². The average Bonchev–Trinajstić information content (AvgIpc) is 3.16. The van der Waals surface area contributed by atoms with Crippen LogP contribution in [0.1, 0.15) is 112 Å².